The molecule has 0 spiro atoms. The molecule has 1 amide bonds. The Morgan fingerprint density at radius 1 is 1.15 bits per heavy atom. The molecule has 0 fully saturated rings. The Bertz CT molecular complexity index is 879. The maximum atomic E-state index is 12.6. The number of hydrogen-bond acceptors (Lipinski definition) is 5. The summed E-state index contributed by atoms with van der Waals surface area (Å²) in [5.74, 6) is -0.342. The van der Waals surface area contributed by atoms with E-state index in [9.17, 15) is 18.0 Å². The van der Waals surface area contributed by atoms with Crippen molar-refractivity contribution in [1.82, 2.24) is 15.3 Å². The van der Waals surface area contributed by atoms with Crippen LogP contribution in [0.5, 0.6) is 0 Å². The van der Waals surface area contributed by atoms with Gasteiger partial charge in [0.05, 0.1) is 5.56 Å². The van der Waals surface area contributed by atoms with Gasteiger partial charge in [-0.15, -0.1) is 11.3 Å². The first-order valence-corrected chi connectivity index (χ1v) is 8.37. The van der Waals surface area contributed by atoms with Crippen LogP contribution in [0.25, 0.3) is 0 Å². The number of thiazole rings is 1. The molecule has 3 aromatic rings. The highest BCUT2D eigenvalue weighted by Gasteiger charge is 2.29. The van der Waals surface area contributed by atoms with Crippen molar-refractivity contribution in [2.75, 3.05) is 5.32 Å². The summed E-state index contributed by atoms with van der Waals surface area (Å²) < 4.78 is 37.7. The minimum absolute atomic E-state index is 0.230. The molecule has 26 heavy (non-hydrogen) atoms. The third-order valence-electron chi connectivity index (χ3n) is 3.38. The van der Waals surface area contributed by atoms with Crippen LogP contribution in [0.4, 0.5) is 24.0 Å². The van der Waals surface area contributed by atoms with Gasteiger partial charge in [0.1, 0.15) is 5.69 Å². The molecule has 0 saturated heterocycles. The van der Waals surface area contributed by atoms with Crippen molar-refractivity contribution in [2.24, 2.45) is 0 Å². The van der Waals surface area contributed by atoms with Crippen molar-refractivity contribution < 1.29 is 18.0 Å². The molecule has 5 nitrogen and oxygen atoms in total. The average molecular weight is 378 g/mol. The Hall–Kier alpha value is -2.94. The first-order valence-electron chi connectivity index (χ1n) is 7.49. The van der Waals surface area contributed by atoms with Crippen LogP contribution in [-0.2, 0) is 12.7 Å². The van der Waals surface area contributed by atoms with Crippen molar-refractivity contribution in [3.63, 3.8) is 0 Å². The van der Waals surface area contributed by atoms with E-state index in [1.54, 1.807) is 23.8 Å². The molecule has 1 aromatic carbocycles. The fourth-order valence-corrected chi connectivity index (χ4v) is 2.79. The van der Waals surface area contributed by atoms with E-state index in [0.717, 1.165) is 17.7 Å². The molecule has 2 N–H and O–H groups in total. The van der Waals surface area contributed by atoms with Crippen LogP contribution in [0, 0.1) is 0 Å². The number of rotatable bonds is 5. The SMILES string of the molecule is O=C(NCc1cccnc1)c1csc(Nc2ccc(C(F)(F)F)cc2)n1. The van der Waals surface area contributed by atoms with E-state index < -0.39 is 11.7 Å². The monoisotopic (exact) mass is 378 g/mol. The summed E-state index contributed by atoms with van der Waals surface area (Å²) in [5.41, 5.74) is 0.819. The Balaban J connectivity index is 1.60. The topological polar surface area (TPSA) is 66.9 Å². The Morgan fingerprint density at radius 2 is 1.92 bits per heavy atom. The average Bonchev–Trinajstić information content (AvgIpc) is 3.09. The second kappa shape index (κ2) is 7.52. The number of pyridine rings is 1. The number of carbonyl (C=O) groups excluding carboxylic acids is 1. The summed E-state index contributed by atoms with van der Waals surface area (Å²) in [4.78, 5) is 20.2. The molecule has 0 aliphatic heterocycles. The van der Waals surface area contributed by atoms with Gasteiger partial charge in [0, 0.05) is 30.0 Å². The zero-order valence-electron chi connectivity index (χ0n) is 13.2. The van der Waals surface area contributed by atoms with Crippen LogP contribution in [-0.4, -0.2) is 15.9 Å². The van der Waals surface area contributed by atoms with Crippen molar-refractivity contribution in [3.05, 3.63) is 71.0 Å². The standard InChI is InChI=1S/C17H13F3N4OS/c18-17(19,20)12-3-5-13(6-4-12)23-16-24-14(10-26-16)15(25)22-9-11-2-1-7-21-8-11/h1-8,10H,9H2,(H,22,25)(H,23,24). The number of nitrogens with zero attached hydrogens (tertiary/aromatic N) is 2. The molecule has 2 aromatic heterocycles. The van der Waals surface area contributed by atoms with Crippen LogP contribution < -0.4 is 10.6 Å². The Morgan fingerprint density at radius 3 is 2.58 bits per heavy atom. The fourth-order valence-electron chi connectivity index (χ4n) is 2.08. The highest BCUT2D eigenvalue weighted by Crippen LogP contribution is 2.30. The molecule has 3 rings (SSSR count). The van der Waals surface area contributed by atoms with Gasteiger partial charge in [-0.05, 0) is 35.9 Å². The number of aromatic nitrogens is 2. The van der Waals surface area contributed by atoms with Gasteiger partial charge in [0.25, 0.3) is 5.91 Å². The summed E-state index contributed by atoms with van der Waals surface area (Å²) in [5, 5.41) is 7.60. The van der Waals surface area contributed by atoms with Crippen molar-refractivity contribution in [1.29, 1.82) is 0 Å². The van der Waals surface area contributed by atoms with Crippen LogP contribution in [0.2, 0.25) is 0 Å². The second-order valence-electron chi connectivity index (χ2n) is 5.28. The normalized spacial score (nSPS) is 11.2. The van der Waals surface area contributed by atoms with Crippen LogP contribution in [0.1, 0.15) is 21.6 Å². The summed E-state index contributed by atoms with van der Waals surface area (Å²) >= 11 is 1.19. The molecule has 0 bridgehead atoms. The van der Waals surface area contributed by atoms with Gasteiger partial charge < -0.3 is 10.6 Å². The Kier molecular flexibility index (Phi) is 5.17. The van der Waals surface area contributed by atoms with E-state index in [0.29, 0.717) is 17.4 Å². The lowest BCUT2D eigenvalue weighted by molar-refractivity contribution is -0.137. The first kappa shape index (κ1) is 17.9. The zero-order chi connectivity index (χ0) is 18.6. The third-order valence-corrected chi connectivity index (χ3v) is 4.13. The van der Waals surface area contributed by atoms with Crippen molar-refractivity contribution >= 4 is 28.1 Å². The molecule has 0 unspecified atom stereocenters. The lowest BCUT2D eigenvalue weighted by Gasteiger charge is -2.07. The molecular weight excluding hydrogens is 365 g/mol. The van der Waals surface area contributed by atoms with E-state index in [1.165, 1.54) is 23.5 Å². The number of hydrogen-bond donors (Lipinski definition) is 2. The van der Waals surface area contributed by atoms with E-state index >= 15 is 0 Å². The molecule has 0 aliphatic rings. The lowest BCUT2D eigenvalue weighted by atomic mass is 10.2. The number of nitrogens with one attached hydrogen (secondary N) is 2. The number of benzene rings is 1. The molecule has 0 radical (unpaired) electrons. The van der Waals surface area contributed by atoms with Gasteiger partial charge in [0.2, 0.25) is 0 Å². The van der Waals surface area contributed by atoms with Gasteiger partial charge in [-0.2, -0.15) is 13.2 Å². The number of amides is 1. The van der Waals surface area contributed by atoms with Gasteiger partial charge >= 0.3 is 6.18 Å². The van der Waals surface area contributed by atoms with E-state index in [2.05, 4.69) is 20.6 Å². The maximum Gasteiger partial charge on any atom is 0.416 e. The van der Waals surface area contributed by atoms with Crippen LogP contribution >= 0.6 is 11.3 Å². The van der Waals surface area contributed by atoms with Gasteiger partial charge in [-0.25, -0.2) is 4.98 Å². The van der Waals surface area contributed by atoms with Crippen molar-refractivity contribution in [2.45, 2.75) is 12.7 Å². The summed E-state index contributed by atoms with van der Waals surface area (Å²) in [6.07, 6.45) is -1.08. The quantitative estimate of drug-likeness (QED) is 0.697. The molecule has 0 atom stereocenters. The molecule has 0 saturated carbocycles. The largest absolute Gasteiger partial charge is 0.416 e. The lowest BCUT2D eigenvalue weighted by Crippen LogP contribution is -2.23. The number of halogens is 3. The number of alkyl halides is 3. The first-order chi connectivity index (χ1) is 12.4. The highest BCUT2D eigenvalue weighted by molar-refractivity contribution is 7.14. The van der Waals surface area contributed by atoms with Crippen molar-refractivity contribution in [3.8, 4) is 0 Å². The summed E-state index contributed by atoms with van der Waals surface area (Å²) in [6, 6.07) is 8.20. The number of carbonyl (C=O) groups is 1. The van der Waals surface area contributed by atoms with Gasteiger partial charge in [-0.1, -0.05) is 6.07 Å². The second-order valence-corrected chi connectivity index (χ2v) is 6.14. The molecule has 0 aliphatic carbocycles. The third kappa shape index (κ3) is 4.57. The van der Waals surface area contributed by atoms with Crippen LogP contribution in [0.3, 0.4) is 0 Å². The highest BCUT2D eigenvalue weighted by atomic mass is 32.1. The van der Waals surface area contributed by atoms with E-state index in [-0.39, 0.29) is 11.6 Å². The molecule has 9 heteroatoms. The predicted octanol–water partition coefficient (Wildman–Crippen LogP) is 4.23. The molecular formula is C17H13F3N4OS. The smallest absolute Gasteiger partial charge is 0.347 e. The Labute approximate surface area is 150 Å². The van der Waals surface area contributed by atoms with Crippen LogP contribution in [0.15, 0.2) is 54.2 Å². The molecule has 2 heterocycles. The molecule has 134 valence electrons. The predicted molar refractivity (Wildman–Crippen MR) is 92.2 cm³/mol. The van der Waals surface area contributed by atoms with Gasteiger partial charge in [-0.3, -0.25) is 9.78 Å². The minimum atomic E-state index is -4.38. The van der Waals surface area contributed by atoms with E-state index in [4.69, 9.17) is 0 Å². The fraction of sp³-hybridized carbons (Fsp3) is 0.118. The maximum absolute atomic E-state index is 12.6. The van der Waals surface area contributed by atoms with Gasteiger partial charge in [0.15, 0.2) is 5.13 Å². The minimum Gasteiger partial charge on any atom is -0.347 e. The number of anilines is 2. The summed E-state index contributed by atoms with van der Waals surface area (Å²) in [7, 11) is 0. The summed E-state index contributed by atoms with van der Waals surface area (Å²) in [6.45, 7) is 0.325. The zero-order valence-corrected chi connectivity index (χ0v) is 14.1. The van der Waals surface area contributed by atoms with E-state index in [1.807, 2.05) is 6.07 Å².